The van der Waals surface area contributed by atoms with Crippen molar-refractivity contribution in [1.29, 1.82) is 0 Å². The normalized spacial score (nSPS) is 14.3. The fourth-order valence-corrected chi connectivity index (χ4v) is 3.82. The molecule has 3 aromatic carbocycles. The van der Waals surface area contributed by atoms with Crippen LogP contribution in [0.1, 0.15) is 26.3 Å². The SMILES string of the molecule is COc1c(-c2ccc3cc(N)ccc3c2)cc(N2CCOC2=O)cc1C(C)(C)C. The van der Waals surface area contributed by atoms with Crippen LogP contribution in [0.25, 0.3) is 21.9 Å². The Hall–Kier alpha value is -3.21. The number of amides is 1. The van der Waals surface area contributed by atoms with Crippen molar-refractivity contribution in [2.75, 3.05) is 30.9 Å². The lowest BCUT2D eigenvalue weighted by atomic mass is 9.83. The highest BCUT2D eigenvalue weighted by molar-refractivity contribution is 5.94. The van der Waals surface area contributed by atoms with Gasteiger partial charge in [0, 0.05) is 22.5 Å². The van der Waals surface area contributed by atoms with E-state index in [1.54, 1.807) is 12.0 Å². The minimum atomic E-state index is -0.310. The first-order valence-corrected chi connectivity index (χ1v) is 9.74. The molecule has 4 rings (SSSR count). The second-order valence-electron chi connectivity index (χ2n) is 8.41. The van der Waals surface area contributed by atoms with E-state index >= 15 is 0 Å². The zero-order valence-electron chi connectivity index (χ0n) is 17.3. The summed E-state index contributed by atoms with van der Waals surface area (Å²) in [6, 6.07) is 16.2. The van der Waals surface area contributed by atoms with E-state index in [1.165, 1.54) is 0 Å². The van der Waals surface area contributed by atoms with Gasteiger partial charge in [0.15, 0.2) is 0 Å². The summed E-state index contributed by atoms with van der Waals surface area (Å²) in [5, 5.41) is 2.19. The van der Waals surface area contributed by atoms with Gasteiger partial charge in [-0.15, -0.1) is 0 Å². The van der Waals surface area contributed by atoms with E-state index < -0.39 is 0 Å². The molecule has 1 aliphatic heterocycles. The van der Waals surface area contributed by atoms with E-state index in [0.29, 0.717) is 13.2 Å². The largest absolute Gasteiger partial charge is 0.496 e. The molecular formula is C24H26N2O3. The van der Waals surface area contributed by atoms with Crippen LogP contribution in [-0.4, -0.2) is 26.4 Å². The van der Waals surface area contributed by atoms with E-state index in [4.69, 9.17) is 15.2 Å². The number of hydrogen-bond donors (Lipinski definition) is 1. The van der Waals surface area contributed by atoms with Gasteiger partial charge in [-0.05, 0) is 52.1 Å². The summed E-state index contributed by atoms with van der Waals surface area (Å²) < 4.78 is 11.0. The van der Waals surface area contributed by atoms with Crippen molar-refractivity contribution < 1.29 is 14.3 Å². The summed E-state index contributed by atoms with van der Waals surface area (Å²) in [5.74, 6) is 0.823. The number of methoxy groups -OCH3 is 1. The molecule has 0 spiro atoms. The Morgan fingerprint density at radius 2 is 1.76 bits per heavy atom. The molecule has 0 atom stereocenters. The number of hydrogen-bond acceptors (Lipinski definition) is 4. The quantitative estimate of drug-likeness (QED) is 0.612. The molecule has 2 N–H and O–H groups in total. The van der Waals surface area contributed by atoms with Gasteiger partial charge >= 0.3 is 6.09 Å². The van der Waals surface area contributed by atoms with Gasteiger partial charge in [-0.25, -0.2) is 4.79 Å². The molecular weight excluding hydrogens is 364 g/mol. The third-order valence-electron chi connectivity index (χ3n) is 5.33. The number of benzene rings is 3. The molecule has 1 saturated heterocycles. The number of cyclic esters (lactones) is 1. The zero-order chi connectivity index (χ0) is 20.8. The summed E-state index contributed by atoms with van der Waals surface area (Å²) in [7, 11) is 1.69. The van der Waals surface area contributed by atoms with Crippen LogP contribution in [-0.2, 0) is 10.2 Å². The maximum Gasteiger partial charge on any atom is 0.414 e. The van der Waals surface area contributed by atoms with Gasteiger partial charge in [0.05, 0.1) is 13.7 Å². The Bertz CT molecular complexity index is 1100. The summed E-state index contributed by atoms with van der Waals surface area (Å²) in [5.41, 5.74) is 10.4. The average Bonchev–Trinajstić information content (AvgIpc) is 3.11. The molecule has 5 nitrogen and oxygen atoms in total. The van der Waals surface area contributed by atoms with Crippen molar-refractivity contribution in [1.82, 2.24) is 0 Å². The monoisotopic (exact) mass is 390 g/mol. The van der Waals surface area contributed by atoms with Crippen molar-refractivity contribution >= 4 is 28.2 Å². The molecule has 0 radical (unpaired) electrons. The van der Waals surface area contributed by atoms with Crippen LogP contribution in [0.3, 0.4) is 0 Å². The fraction of sp³-hybridized carbons (Fsp3) is 0.292. The Labute approximate surface area is 171 Å². The van der Waals surface area contributed by atoms with Gasteiger partial charge in [0.25, 0.3) is 0 Å². The number of nitrogens with zero attached hydrogens (tertiary/aromatic N) is 1. The first-order valence-electron chi connectivity index (χ1n) is 9.74. The molecule has 0 aromatic heterocycles. The van der Waals surface area contributed by atoms with E-state index in [9.17, 15) is 4.79 Å². The van der Waals surface area contributed by atoms with Gasteiger partial charge in [0.1, 0.15) is 12.4 Å². The topological polar surface area (TPSA) is 64.8 Å². The minimum Gasteiger partial charge on any atom is -0.496 e. The van der Waals surface area contributed by atoms with Gasteiger partial charge in [-0.3, -0.25) is 4.90 Å². The Morgan fingerprint density at radius 1 is 1.03 bits per heavy atom. The van der Waals surface area contributed by atoms with Crippen LogP contribution >= 0.6 is 0 Å². The van der Waals surface area contributed by atoms with Crippen molar-refractivity contribution in [3.05, 3.63) is 54.1 Å². The molecule has 1 heterocycles. The highest BCUT2D eigenvalue weighted by Crippen LogP contribution is 2.43. The summed E-state index contributed by atoms with van der Waals surface area (Å²) in [4.78, 5) is 13.9. The number of carbonyl (C=O) groups is 1. The predicted octanol–water partition coefficient (Wildman–Crippen LogP) is 5.35. The van der Waals surface area contributed by atoms with Crippen LogP contribution in [0.4, 0.5) is 16.2 Å². The smallest absolute Gasteiger partial charge is 0.414 e. The number of anilines is 2. The fourth-order valence-electron chi connectivity index (χ4n) is 3.82. The minimum absolute atomic E-state index is 0.162. The Morgan fingerprint density at radius 3 is 2.41 bits per heavy atom. The Balaban J connectivity index is 1.95. The van der Waals surface area contributed by atoms with Crippen LogP contribution in [0.5, 0.6) is 5.75 Å². The van der Waals surface area contributed by atoms with Crippen LogP contribution in [0, 0.1) is 0 Å². The number of ether oxygens (including phenoxy) is 2. The van der Waals surface area contributed by atoms with Crippen molar-refractivity contribution in [2.24, 2.45) is 0 Å². The molecule has 1 amide bonds. The molecule has 0 unspecified atom stereocenters. The van der Waals surface area contributed by atoms with E-state index in [2.05, 4.69) is 39.0 Å². The van der Waals surface area contributed by atoms with Gasteiger partial charge in [-0.1, -0.05) is 39.0 Å². The lowest BCUT2D eigenvalue weighted by molar-refractivity contribution is 0.181. The molecule has 0 aliphatic carbocycles. The van der Waals surface area contributed by atoms with Gasteiger partial charge in [-0.2, -0.15) is 0 Å². The molecule has 1 fully saturated rings. The van der Waals surface area contributed by atoms with E-state index in [1.807, 2.05) is 30.3 Å². The lowest BCUT2D eigenvalue weighted by Gasteiger charge is -2.27. The molecule has 1 aliphatic rings. The second kappa shape index (κ2) is 6.99. The van der Waals surface area contributed by atoms with E-state index in [-0.39, 0.29) is 11.5 Å². The maximum atomic E-state index is 12.2. The first kappa shape index (κ1) is 19.1. The number of rotatable bonds is 3. The van der Waals surface area contributed by atoms with Crippen molar-refractivity contribution in [3.63, 3.8) is 0 Å². The van der Waals surface area contributed by atoms with Gasteiger partial charge < -0.3 is 15.2 Å². The third-order valence-corrected chi connectivity index (χ3v) is 5.33. The molecule has 0 bridgehead atoms. The third kappa shape index (κ3) is 3.48. The molecule has 3 aromatic rings. The van der Waals surface area contributed by atoms with Crippen LogP contribution in [0.15, 0.2) is 48.5 Å². The van der Waals surface area contributed by atoms with E-state index in [0.717, 1.165) is 44.6 Å². The highest BCUT2D eigenvalue weighted by atomic mass is 16.6. The number of nitrogen functional groups attached to an aromatic ring is 1. The predicted molar refractivity (Wildman–Crippen MR) is 118 cm³/mol. The average molecular weight is 390 g/mol. The number of nitrogens with two attached hydrogens (primary N) is 1. The summed E-state index contributed by atoms with van der Waals surface area (Å²) in [6.07, 6.45) is -0.310. The molecule has 5 heteroatoms. The second-order valence-corrected chi connectivity index (χ2v) is 8.41. The summed E-state index contributed by atoms with van der Waals surface area (Å²) in [6.45, 7) is 7.38. The molecule has 29 heavy (non-hydrogen) atoms. The molecule has 0 saturated carbocycles. The van der Waals surface area contributed by atoms with Gasteiger partial charge in [0.2, 0.25) is 0 Å². The summed E-state index contributed by atoms with van der Waals surface area (Å²) >= 11 is 0. The maximum absolute atomic E-state index is 12.2. The highest BCUT2D eigenvalue weighted by Gasteiger charge is 2.29. The van der Waals surface area contributed by atoms with Crippen molar-refractivity contribution in [3.8, 4) is 16.9 Å². The zero-order valence-corrected chi connectivity index (χ0v) is 17.3. The number of fused-ring (bicyclic) bond motifs is 1. The number of carbonyl (C=O) groups excluding carboxylic acids is 1. The van der Waals surface area contributed by atoms with Crippen LogP contribution < -0.4 is 15.4 Å². The first-order chi connectivity index (χ1) is 13.8. The lowest BCUT2D eigenvalue weighted by Crippen LogP contribution is -2.24. The molecule has 150 valence electrons. The Kier molecular flexibility index (Phi) is 4.61. The standard InChI is InChI=1S/C24H26N2O3/c1-24(2,3)21-14-19(26-9-10-29-23(26)27)13-20(22(21)28-4)17-6-5-16-12-18(25)8-7-15(16)11-17/h5-8,11-14H,9-10,25H2,1-4H3. The van der Waals surface area contributed by atoms with Crippen LogP contribution in [0.2, 0.25) is 0 Å². The van der Waals surface area contributed by atoms with Crippen molar-refractivity contribution in [2.45, 2.75) is 26.2 Å².